The molecule has 0 bridgehead atoms. The summed E-state index contributed by atoms with van der Waals surface area (Å²) in [5.74, 6) is -0.323. The fourth-order valence-corrected chi connectivity index (χ4v) is 5.06. The minimum Gasteiger partial charge on any atom is -0.344 e. The van der Waals surface area contributed by atoms with Crippen molar-refractivity contribution in [3.05, 3.63) is 52.5 Å². The number of alkyl halides is 4. The minimum atomic E-state index is -4.52. The quantitative estimate of drug-likeness (QED) is 0.327. The number of carbonyl (C=O) groups excluding carboxylic acids is 1. The topological polar surface area (TPSA) is 88.6 Å². The summed E-state index contributed by atoms with van der Waals surface area (Å²) in [7, 11) is 1.84. The van der Waals surface area contributed by atoms with Crippen molar-refractivity contribution >= 4 is 39.5 Å². The van der Waals surface area contributed by atoms with Gasteiger partial charge >= 0.3 is 6.18 Å². The molecular formula is C25H24F4N6O2S. The normalized spacial score (nSPS) is 18.2. The molecule has 3 aromatic heterocycles. The van der Waals surface area contributed by atoms with E-state index < -0.39 is 18.9 Å². The first-order chi connectivity index (χ1) is 18.2. The zero-order chi connectivity index (χ0) is 26.9. The lowest BCUT2D eigenvalue weighted by molar-refractivity contribution is -0.139. The van der Waals surface area contributed by atoms with Crippen LogP contribution in [0, 0.1) is 0 Å². The highest BCUT2D eigenvalue weighted by Crippen LogP contribution is 2.36. The molecule has 4 aromatic rings. The summed E-state index contributed by atoms with van der Waals surface area (Å²) < 4.78 is 61.4. The fourth-order valence-electron chi connectivity index (χ4n) is 4.42. The number of aromatic nitrogens is 3. The Balaban J connectivity index is 1.49. The molecule has 1 aliphatic heterocycles. The van der Waals surface area contributed by atoms with Crippen LogP contribution in [0.5, 0.6) is 0 Å². The maximum atomic E-state index is 14.3. The SMILES string of the molecule is CN1CC/C(=N\c2cccc3c2cc(-c2nc(CNC(=O)c4cccs4)no2)n3CC(F)(F)F)C[C@@H](F)C1. The summed E-state index contributed by atoms with van der Waals surface area (Å²) in [4.78, 5) is 23.5. The summed E-state index contributed by atoms with van der Waals surface area (Å²) in [6.45, 7) is -0.389. The summed E-state index contributed by atoms with van der Waals surface area (Å²) >= 11 is 1.27. The Bertz CT molecular complexity index is 1460. The van der Waals surface area contributed by atoms with E-state index in [1.54, 1.807) is 35.7 Å². The number of fused-ring (bicyclic) bond motifs is 1. The van der Waals surface area contributed by atoms with Crippen LogP contribution in [0.2, 0.25) is 0 Å². The van der Waals surface area contributed by atoms with E-state index in [1.165, 1.54) is 17.4 Å². The molecule has 13 heteroatoms. The number of hydrogen-bond acceptors (Lipinski definition) is 7. The van der Waals surface area contributed by atoms with Gasteiger partial charge in [-0.25, -0.2) is 4.39 Å². The first kappa shape index (κ1) is 26.0. The van der Waals surface area contributed by atoms with Crippen LogP contribution in [0.1, 0.15) is 28.3 Å². The second-order valence-electron chi connectivity index (χ2n) is 9.11. The van der Waals surface area contributed by atoms with E-state index in [-0.39, 0.29) is 41.8 Å². The number of carbonyl (C=O) groups is 1. The fraction of sp³-hybridized carbons (Fsp3) is 0.360. The number of thiophene rings is 1. The van der Waals surface area contributed by atoms with Gasteiger partial charge in [-0.3, -0.25) is 9.79 Å². The van der Waals surface area contributed by atoms with E-state index in [0.29, 0.717) is 41.2 Å². The van der Waals surface area contributed by atoms with Crippen LogP contribution >= 0.6 is 11.3 Å². The van der Waals surface area contributed by atoms with E-state index in [2.05, 4.69) is 20.4 Å². The van der Waals surface area contributed by atoms with Gasteiger partial charge in [0.05, 0.1) is 22.6 Å². The summed E-state index contributed by atoms with van der Waals surface area (Å²) in [5.41, 5.74) is 1.45. The Morgan fingerprint density at radius 3 is 2.89 bits per heavy atom. The molecule has 0 radical (unpaired) electrons. The van der Waals surface area contributed by atoms with Crippen molar-refractivity contribution < 1.29 is 26.9 Å². The van der Waals surface area contributed by atoms with Crippen LogP contribution in [0.25, 0.3) is 22.5 Å². The van der Waals surface area contributed by atoms with Gasteiger partial charge in [-0.05, 0) is 43.1 Å². The molecule has 0 unspecified atom stereocenters. The van der Waals surface area contributed by atoms with Crippen molar-refractivity contribution in [2.45, 2.75) is 38.3 Å². The van der Waals surface area contributed by atoms with Crippen LogP contribution in [0.3, 0.4) is 0 Å². The Morgan fingerprint density at radius 2 is 2.13 bits per heavy atom. The number of nitrogens with one attached hydrogen (secondary N) is 1. The van der Waals surface area contributed by atoms with Gasteiger partial charge in [0.2, 0.25) is 0 Å². The number of rotatable bonds is 6. The second kappa shape index (κ2) is 10.7. The molecule has 1 amide bonds. The molecule has 8 nitrogen and oxygen atoms in total. The Labute approximate surface area is 219 Å². The minimum absolute atomic E-state index is 0.0581. The van der Waals surface area contributed by atoms with Crippen molar-refractivity contribution in [2.75, 3.05) is 20.1 Å². The molecule has 1 N–H and O–H groups in total. The zero-order valence-electron chi connectivity index (χ0n) is 20.3. The highest BCUT2D eigenvalue weighted by Gasteiger charge is 2.31. The lowest BCUT2D eigenvalue weighted by Crippen LogP contribution is -2.24. The van der Waals surface area contributed by atoms with Crippen molar-refractivity contribution in [2.24, 2.45) is 4.99 Å². The average Bonchev–Trinajstić information content (AvgIpc) is 3.59. The van der Waals surface area contributed by atoms with Crippen LogP contribution in [0.15, 0.2) is 51.3 Å². The molecule has 0 spiro atoms. The number of benzene rings is 1. The predicted molar refractivity (Wildman–Crippen MR) is 135 cm³/mol. The molecule has 5 rings (SSSR count). The third-order valence-corrected chi connectivity index (χ3v) is 7.00. The van der Waals surface area contributed by atoms with Gasteiger partial charge < -0.3 is 19.3 Å². The van der Waals surface area contributed by atoms with Crippen molar-refractivity contribution in [3.63, 3.8) is 0 Å². The largest absolute Gasteiger partial charge is 0.406 e. The molecule has 1 atom stereocenters. The van der Waals surface area contributed by atoms with E-state index in [4.69, 9.17) is 4.52 Å². The number of amides is 1. The van der Waals surface area contributed by atoms with Gasteiger partial charge in [-0.1, -0.05) is 17.3 Å². The Hall–Kier alpha value is -3.58. The first-order valence-electron chi connectivity index (χ1n) is 11.9. The van der Waals surface area contributed by atoms with Crippen molar-refractivity contribution in [3.8, 4) is 11.6 Å². The first-order valence-corrected chi connectivity index (χ1v) is 12.8. The molecule has 1 fully saturated rings. The maximum absolute atomic E-state index is 14.3. The van der Waals surface area contributed by atoms with Crippen molar-refractivity contribution in [1.29, 1.82) is 0 Å². The summed E-state index contributed by atoms with van der Waals surface area (Å²) in [5, 5.41) is 8.71. The molecule has 0 saturated carbocycles. The summed E-state index contributed by atoms with van der Waals surface area (Å²) in [6, 6.07) is 9.81. The van der Waals surface area contributed by atoms with Gasteiger partial charge in [-0.2, -0.15) is 18.2 Å². The van der Waals surface area contributed by atoms with Crippen molar-refractivity contribution in [1.82, 2.24) is 24.9 Å². The van der Waals surface area contributed by atoms with Crippen LogP contribution in [0.4, 0.5) is 23.2 Å². The number of likely N-dealkylation sites (tertiary alicyclic amines) is 1. The third-order valence-electron chi connectivity index (χ3n) is 6.13. The highest BCUT2D eigenvalue weighted by atomic mass is 32.1. The number of nitrogens with zero attached hydrogens (tertiary/aromatic N) is 5. The van der Waals surface area contributed by atoms with E-state index in [1.807, 2.05) is 11.9 Å². The van der Waals surface area contributed by atoms with Crippen LogP contribution in [-0.2, 0) is 13.1 Å². The molecular weight excluding hydrogens is 524 g/mol. The van der Waals surface area contributed by atoms with Gasteiger partial charge in [0.1, 0.15) is 18.4 Å². The maximum Gasteiger partial charge on any atom is 0.406 e. The molecule has 1 aromatic carbocycles. The van der Waals surface area contributed by atoms with Gasteiger partial charge in [0.15, 0.2) is 5.82 Å². The number of hydrogen-bond donors (Lipinski definition) is 1. The van der Waals surface area contributed by atoms with Crippen LogP contribution < -0.4 is 5.32 Å². The number of aliphatic imine (C=N–C) groups is 1. The predicted octanol–water partition coefficient (Wildman–Crippen LogP) is 5.38. The zero-order valence-corrected chi connectivity index (χ0v) is 21.2. The summed E-state index contributed by atoms with van der Waals surface area (Å²) in [6.07, 6.45) is -4.86. The van der Waals surface area contributed by atoms with Gasteiger partial charge in [-0.15, -0.1) is 11.3 Å². The Kier molecular flexibility index (Phi) is 7.30. The van der Waals surface area contributed by atoms with Gasteiger partial charge in [0, 0.05) is 30.6 Å². The third kappa shape index (κ3) is 5.94. The van der Waals surface area contributed by atoms with E-state index >= 15 is 0 Å². The molecule has 38 heavy (non-hydrogen) atoms. The van der Waals surface area contributed by atoms with Gasteiger partial charge in [0.25, 0.3) is 11.8 Å². The molecule has 0 aliphatic carbocycles. The molecule has 4 heterocycles. The second-order valence-corrected chi connectivity index (χ2v) is 10.1. The number of halogens is 4. The lowest BCUT2D eigenvalue weighted by atomic mass is 10.1. The van der Waals surface area contributed by atoms with Crippen LogP contribution in [-0.4, -0.2) is 63.7 Å². The molecule has 200 valence electrons. The molecule has 1 saturated heterocycles. The van der Waals surface area contributed by atoms with E-state index in [0.717, 1.165) is 4.57 Å². The monoisotopic (exact) mass is 548 g/mol. The smallest absolute Gasteiger partial charge is 0.344 e. The van der Waals surface area contributed by atoms with E-state index in [9.17, 15) is 22.4 Å². The molecule has 1 aliphatic rings. The Morgan fingerprint density at radius 1 is 1.29 bits per heavy atom. The average molecular weight is 549 g/mol. The standard InChI is InChI=1S/C25H24F4N6O2S/c1-34-8-7-16(10-15(26)13-34)31-18-4-2-5-19-17(18)11-20(35(19)14-25(27,28)29)24-32-22(33-37-24)12-30-23(36)21-6-3-9-38-21/h2-6,9,11,15H,7-8,10,12-14H2,1H3,(H,30,36)/b31-16+/t15-/m1/s1. The lowest BCUT2D eigenvalue weighted by Gasteiger charge is -2.12. The highest BCUT2D eigenvalue weighted by molar-refractivity contribution is 7.12.